The van der Waals surface area contributed by atoms with Gasteiger partial charge in [0.2, 0.25) is 0 Å². The van der Waals surface area contributed by atoms with E-state index in [0.29, 0.717) is 24.5 Å². The first-order valence-electron chi connectivity index (χ1n) is 11.5. The molecule has 4 rings (SSSR count). The quantitative estimate of drug-likeness (QED) is 0.410. The van der Waals surface area contributed by atoms with Crippen molar-refractivity contribution in [2.45, 2.75) is 45.8 Å². The Morgan fingerprint density at radius 1 is 1.15 bits per heavy atom. The number of hydrogen-bond donors (Lipinski definition) is 2. The molecule has 0 fully saturated rings. The minimum absolute atomic E-state index is 0.0673. The van der Waals surface area contributed by atoms with Crippen molar-refractivity contribution in [1.82, 2.24) is 19.8 Å². The van der Waals surface area contributed by atoms with Gasteiger partial charge < -0.3 is 20.1 Å². The lowest BCUT2D eigenvalue weighted by atomic mass is 9.97. The Bertz CT molecular complexity index is 1200. The van der Waals surface area contributed by atoms with Gasteiger partial charge in [-0.1, -0.05) is 24.6 Å². The summed E-state index contributed by atoms with van der Waals surface area (Å²) in [5.74, 6) is 0.827. The van der Waals surface area contributed by atoms with Crippen LogP contribution in [-0.4, -0.2) is 33.6 Å². The van der Waals surface area contributed by atoms with Crippen molar-refractivity contribution in [2.24, 2.45) is 0 Å². The van der Waals surface area contributed by atoms with Crippen molar-refractivity contribution in [2.75, 3.05) is 18.9 Å². The first-order valence-corrected chi connectivity index (χ1v) is 11.8. The lowest BCUT2D eigenvalue weighted by molar-refractivity contribution is 0.229. The van der Waals surface area contributed by atoms with Gasteiger partial charge in [0.05, 0.1) is 17.1 Å². The topological polar surface area (TPSA) is 45.1 Å². The number of fused-ring (bicyclic) bond motifs is 1. The largest absolute Gasteiger partial charge is 0.364 e. The monoisotopic (exact) mass is 485 g/mol. The summed E-state index contributed by atoms with van der Waals surface area (Å²) in [6.07, 6.45) is 3.19. The fourth-order valence-corrected chi connectivity index (χ4v) is 4.40. The number of aromatic nitrogens is 2. The second-order valence-corrected chi connectivity index (χ2v) is 9.34. The number of anilines is 2. The van der Waals surface area contributed by atoms with Crippen molar-refractivity contribution in [3.63, 3.8) is 0 Å². The van der Waals surface area contributed by atoms with Crippen LogP contribution in [0, 0.1) is 11.6 Å². The highest BCUT2D eigenvalue weighted by atomic mass is 35.5. The van der Waals surface area contributed by atoms with Crippen LogP contribution in [0.1, 0.15) is 33.0 Å². The van der Waals surface area contributed by atoms with Gasteiger partial charge in [0.15, 0.2) is 0 Å². The minimum atomic E-state index is -0.497. The third-order valence-corrected chi connectivity index (χ3v) is 6.58. The minimum Gasteiger partial charge on any atom is -0.364 e. The second-order valence-electron chi connectivity index (χ2n) is 8.93. The Kier molecular flexibility index (Phi) is 6.96. The molecular formula is C26H30ClF2N5. The van der Waals surface area contributed by atoms with Crippen LogP contribution < -0.4 is 10.6 Å². The highest BCUT2D eigenvalue weighted by Gasteiger charge is 2.31. The molecule has 0 unspecified atom stereocenters. The van der Waals surface area contributed by atoms with Crippen molar-refractivity contribution in [3.05, 3.63) is 76.7 Å². The van der Waals surface area contributed by atoms with Gasteiger partial charge in [0.25, 0.3) is 0 Å². The van der Waals surface area contributed by atoms with Crippen molar-refractivity contribution in [3.8, 4) is 11.3 Å². The summed E-state index contributed by atoms with van der Waals surface area (Å²) in [6.45, 7) is 8.59. The van der Waals surface area contributed by atoms with Crippen LogP contribution in [0.2, 0.25) is 5.02 Å². The zero-order chi connectivity index (χ0) is 24.5. The van der Waals surface area contributed by atoms with Gasteiger partial charge in [-0.15, -0.1) is 0 Å². The Labute approximate surface area is 204 Å². The molecule has 0 bridgehead atoms. The molecule has 1 aliphatic rings. The number of likely N-dealkylation sites (N-methyl/N-ethyl adjacent to an activating group) is 1. The zero-order valence-electron chi connectivity index (χ0n) is 19.9. The van der Waals surface area contributed by atoms with Crippen LogP contribution in [0.3, 0.4) is 0 Å². The number of nitrogens with one attached hydrogen (secondary N) is 2. The van der Waals surface area contributed by atoms with Crippen LogP contribution in [0.15, 0.2) is 54.2 Å². The highest BCUT2D eigenvalue weighted by molar-refractivity contribution is 6.30. The fourth-order valence-electron chi connectivity index (χ4n) is 4.28. The average Bonchev–Trinajstić information content (AvgIpc) is 3.17. The number of nitrogens with zero attached hydrogens (tertiary/aromatic N) is 3. The molecular weight excluding hydrogens is 456 g/mol. The molecule has 2 N–H and O–H groups in total. The van der Waals surface area contributed by atoms with Crippen molar-refractivity contribution in [1.29, 1.82) is 0 Å². The van der Waals surface area contributed by atoms with E-state index in [-0.39, 0.29) is 16.4 Å². The molecule has 8 heteroatoms. The molecule has 0 radical (unpaired) electrons. The van der Waals surface area contributed by atoms with E-state index in [0.717, 1.165) is 30.2 Å². The lowest BCUT2D eigenvalue weighted by Crippen LogP contribution is -2.47. The summed E-state index contributed by atoms with van der Waals surface area (Å²) in [4.78, 5) is 7.31. The number of benzene rings is 2. The molecule has 2 aromatic carbocycles. The van der Waals surface area contributed by atoms with Crippen molar-refractivity contribution >= 4 is 23.1 Å². The second kappa shape index (κ2) is 9.76. The van der Waals surface area contributed by atoms with Crippen LogP contribution in [-0.2, 0) is 13.1 Å². The van der Waals surface area contributed by atoms with Crippen LogP contribution in [0.25, 0.3) is 11.3 Å². The Balaban J connectivity index is 1.76. The molecule has 1 aromatic heterocycles. The molecule has 0 saturated carbocycles. The van der Waals surface area contributed by atoms with E-state index in [1.807, 2.05) is 7.05 Å². The normalized spacial score (nSPS) is 14.3. The maximum absolute atomic E-state index is 14.1. The molecule has 1 aliphatic heterocycles. The van der Waals surface area contributed by atoms with E-state index in [4.69, 9.17) is 16.6 Å². The van der Waals surface area contributed by atoms with E-state index in [9.17, 15) is 8.78 Å². The predicted molar refractivity (Wildman–Crippen MR) is 134 cm³/mol. The molecule has 3 aromatic rings. The predicted octanol–water partition coefficient (Wildman–Crippen LogP) is 6.33. The van der Waals surface area contributed by atoms with Gasteiger partial charge in [-0.3, -0.25) is 0 Å². The molecule has 2 heterocycles. The number of hydrogen-bond acceptors (Lipinski definition) is 4. The lowest BCUT2D eigenvalue weighted by Gasteiger charge is -2.39. The summed E-state index contributed by atoms with van der Waals surface area (Å²) in [7, 11) is 1.97. The summed E-state index contributed by atoms with van der Waals surface area (Å²) < 4.78 is 29.8. The number of allylic oxidation sites excluding steroid dienone is 1. The Morgan fingerprint density at radius 3 is 2.53 bits per heavy atom. The number of rotatable bonds is 7. The highest BCUT2D eigenvalue weighted by Crippen LogP contribution is 2.35. The Morgan fingerprint density at radius 2 is 1.88 bits per heavy atom. The van der Waals surface area contributed by atoms with E-state index >= 15 is 0 Å². The van der Waals surface area contributed by atoms with Gasteiger partial charge in [-0.25, -0.2) is 13.8 Å². The zero-order valence-corrected chi connectivity index (χ0v) is 20.7. The average molecular weight is 486 g/mol. The van der Waals surface area contributed by atoms with Crippen molar-refractivity contribution < 1.29 is 8.78 Å². The molecule has 0 atom stereocenters. The fraction of sp³-hybridized carbons (Fsp3) is 0.346. The standard InChI is InChI=1S/C26H30ClF2N5/c1-5-6-22(26(2,3)30-4)33-13-14-34-23(16-33)32-24(17-7-9-18(28)10-8-17)25(34)31-19-11-12-20(27)21(29)15-19/h6-12,15,30-31H,5,13-14,16H2,1-4H3/b22-6+. The summed E-state index contributed by atoms with van der Waals surface area (Å²) in [5.41, 5.74) is 3.09. The van der Waals surface area contributed by atoms with E-state index in [2.05, 4.69) is 46.9 Å². The van der Waals surface area contributed by atoms with Gasteiger partial charge in [-0.2, -0.15) is 0 Å². The van der Waals surface area contributed by atoms with E-state index < -0.39 is 5.82 Å². The molecule has 180 valence electrons. The maximum Gasteiger partial charge on any atom is 0.143 e. The number of imidazole rings is 1. The van der Waals surface area contributed by atoms with Crippen LogP contribution >= 0.6 is 11.6 Å². The molecule has 34 heavy (non-hydrogen) atoms. The Hall–Kier alpha value is -2.90. The van der Waals surface area contributed by atoms with Gasteiger partial charge in [0, 0.05) is 30.0 Å². The van der Waals surface area contributed by atoms with Gasteiger partial charge in [-0.05, 0) is 69.8 Å². The molecule has 0 saturated heterocycles. The number of halogens is 3. The smallest absolute Gasteiger partial charge is 0.143 e. The summed E-state index contributed by atoms with van der Waals surface area (Å²) >= 11 is 5.87. The third-order valence-electron chi connectivity index (χ3n) is 6.28. The van der Waals surface area contributed by atoms with E-state index in [1.54, 1.807) is 18.2 Å². The maximum atomic E-state index is 14.1. The van der Waals surface area contributed by atoms with Crippen LogP contribution in [0.5, 0.6) is 0 Å². The SMILES string of the molecule is CC/C=C(/N1CCn2c(nc(-c3ccc(F)cc3)c2Nc2ccc(Cl)c(F)c2)C1)C(C)(C)NC. The van der Waals surface area contributed by atoms with E-state index in [1.165, 1.54) is 30.0 Å². The molecule has 5 nitrogen and oxygen atoms in total. The van der Waals surface area contributed by atoms with Crippen LogP contribution in [0.4, 0.5) is 20.3 Å². The summed E-state index contributed by atoms with van der Waals surface area (Å²) in [5, 5.41) is 6.81. The van der Waals surface area contributed by atoms with Gasteiger partial charge in [0.1, 0.15) is 29.0 Å². The molecule has 0 amide bonds. The molecule has 0 spiro atoms. The third kappa shape index (κ3) is 4.81. The summed E-state index contributed by atoms with van der Waals surface area (Å²) in [6, 6.07) is 10.9. The molecule has 0 aliphatic carbocycles. The first-order chi connectivity index (χ1) is 16.2. The van der Waals surface area contributed by atoms with Gasteiger partial charge >= 0.3 is 0 Å². The first kappa shape index (κ1) is 24.2.